The number of nitrogens with two attached hydrogens (primary N) is 2. The van der Waals surface area contributed by atoms with E-state index in [-0.39, 0.29) is 17.0 Å². The van der Waals surface area contributed by atoms with Gasteiger partial charge < -0.3 is 16.8 Å². The van der Waals surface area contributed by atoms with E-state index in [1.54, 1.807) is 10.7 Å². The summed E-state index contributed by atoms with van der Waals surface area (Å²) in [6.07, 6.45) is 8.93. The number of nitrogens with one attached hydrogen (secondary N) is 1. The van der Waals surface area contributed by atoms with Gasteiger partial charge in [0.25, 0.3) is 5.91 Å². The van der Waals surface area contributed by atoms with Crippen molar-refractivity contribution in [2.24, 2.45) is 16.9 Å². The van der Waals surface area contributed by atoms with Gasteiger partial charge in [0.15, 0.2) is 0 Å². The molecule has 0 saturated heterocycles. The van der Waals surface area contributed by atoms with Crippen molar-refractivity contribution < 1.29 is 4.79 Å². The van der Waals surface area contributed by atoms with E-state index in [1.165, 1.54) is 6.20 Å². The summed E-state index contributed by atoms with van der Waals surface area (Å²) in [6.45, 7) is 8.45. The van der Waals surface area contributed by atoms with Crippen LogP contribution in [0.2, 0.25) is 0 Å². The van der Waals surface area contributed by atoms with Crippen molar-refractivity contribution in [1.82, 2.24) is 14.6 Å². The summed E-state index contributed by atoms with van der Waals surface area (Å²) in [4.78, 5) is 16.3. The Kier molecular flexibility index (Phi) is 4.38. The van der Waals surface area contributed by atoms with Crippen molar-refractivity contribution >= 4 is 17.1 Å². The number of rotatable bonds is 4. The molecule has 1 saturated carbocycles. The first-order valence-corrected chi connectivity index (χ1v) is 9.89. The van der Waals surface area contributed by atoms with Crippen LogP contribution in [0.3, 0.4) is 0 Å². The number of carbonyl (C=O) groups is 1. The van der Waals surface area contributed by atoms with E-state index >= 15 is 0 Å². The zero-order chi connectivity index (χ0) is 21.0. The van der Waals surface area contributed by atoms with Crippen molar-refractivity contribution in [2.75, 3.05) is 5.32 Å². The molecule has 1 aliphatic rings. The van der Waals surface area contributed by atoms with Crippen LogP contribution < -0.4 is 16.8 Å². The van der Waals surface area contributed by atoms with E-state index in [1.807, 2.05) is 31.5 Å². The third kappa shape index (κ3) is 3.06. The zero-order valence-electron chi connectivity index (χ0n) is 17.4. The fourth-order valence-corrected chi connectivity index (χ4v) is 4.29. The van der Waals surface area contributed by atoms with Gasteiger partial charge in [-0.15, -0.1) is 0 Å². The Balaban J connectivity index is 1.84. The number of hydrogen-bond acceptors (Lipinski definition) is 5. The molecule has 0 aliphatic heterocycles. The quantitative estimate of drug-likeness (QED) is 0.632. The van der Waals surface area contributed by atoms with Crippen molar-refractivity contribution in [3.63, 3.8) is 0 Å². The molecule has 29 heavy (non-hydrogen) atoms. The molecule has 1 aliphatic carbocycles. The lowest BCUT2D eigenvalue weighted by Gasteiger charge is -2.39. The largest absolute Gasteiger partial charge is 0.379 e. The maximum Gasteiger partial charge on any atom is 0.252 e. The van der Waals surface area contributed by atoms with Crippen LogP contribution in [0.4, 0.5) is 5.69 Å². The number of aromatic nitrogens is 3. The molecule has 152 valence electrons. The number of amides is 1. The lowest BCUT2D eigenvalue weighted by atomic mass is 9.75. The molecule has 5 N–H and O–H groups in total. The summed E-state index contributed by atoms with van der Waals surface area (Å²) in [5.41, 5.74) is 16.9. The third-order valence-electron chi connectivity index (χ3n) is 6.85. The first-order chi connectivity index (χ1) is 13.6. The molecule has 2 atom stereocenters. The number of carbonyl (C=O) groups excluding carboxylic acids is 1. The summed E-state index contributed by atoms with van der Waals surface area (Å²) in [7, 11) is 0. The minimum absolute atomic E-state index is 0.114. The molecule has 0 unspecified atom stereocenters. The fourth-order valence-electron chi connectivity index (χ4n) is 4.29. The summed E-state index contributed by atoms with van der Waals surface area (Å²) in [5.74, 6) is -0.503. The maximum absolute atomic E-state index is 12.2. The van der Waals surface area contributed by atoms with Gasteiger partial charge in [0.2, 0.25) is 0 Å². The molecule has 7 heteroatoms. The van der Waals surface area contributed by atoms with Gasteiger partial charge in [0.05, 0.1) is 23.0 Å². The zero-order valence-corrected chi connectivity index (χ0v) is 17.4. The minimum Gasteiger partial charge on any atom is -0.379 e. The Labute approximate surface area is 170 Å². The van der Waals surface area contributed by atoms with E-state index < -0.39 is 5.91 Å². The molecule has 0 aromatic carbocycles. The van der Waals surface area contributed by atoms with Gasteiger partial charge in [-0.05, 0) is 49.9 Å². The number of pyridine rings is 1. The Morgan fingerprint density at radius 2 is 2.07 bits per heavy atom. The highest BCUT2D eigenvalue weighted by Gasteiger charge is 2.49. The van der Waals surface area contributed by atoms with Crippen LogP contribution in [0.15, 0.2) is 36.9 Å². The van der Waals surface area contributed by atoms with Crippen LogP contribution in [0.1, 0.15) is 49.5 Å². The number of hydrogen-bond donors (Lipinski definition) is 3. The number of fused-ring (bicyclic) bond motifs is 1. The lowest BCUT2D eigenvalue weighted by molar-refractivity contribution is 0.100. The van der Waals surface area contributed by atoms with Crippen LogP contribution in [0, 0.1) is 12.3 Å². The highest BCUT2D eigenvalue weighted by atomic mass is 16.1. The predicted octanol–water partition coefficient (Wildman–Crippen LogP) is 3.12. The van der Waals surface area contributed by atoms with Crippen LogP contribution in [0.25, 0.3) is 16.6 Å². The maximum atomic E-state index is 12.2. The average Bonchev–Trinajstić information content (AvgIpc) is 3.16. The summed E-state index contributed by atoms with van der Waals surface area (Å²) in [6, 6.07) is 4.13. The molecule has 1 amide bonds. The monoisotopic (exact) mass is 392 g/mol. The summed E-state index contributed by atoms with van der Waals surface area (Å²) < 4.78 is 1.79. The smallest absolute Gasteiger partial charge is 0.252 e. The van der Waals surface area contributed by atoms with Crippen molar-refractivity contribution in [3.05, 3.63) is 48.0 Å². The minimum atomic E-state index is -0.503. The number of anilines is 1. The van der Waals surface area contributed by atoms with Gasteiger partial charge in [-0.1, -0.05) is 13.8 Å². The number of nitrogens with zero attached hydrogens (tertiary/aromatic N) is 3. The Morgan fingerprint density at radius 3 is 2.69 bits per heavy atom. The molecule has 0 bridgehead atoms. The van der Waals surface area contributed by atoms with E-state index in [9.17, 15) is 4.79 Å². The molecular formula is C22H28N6O. The standard InChI is InChI=1S/C22H28N6O/c1-13-10-25-8-6-15(13)14-9-17-19(16(20(23)29)11-26-28(17)12-14)27-18-5-7-22(4,24)21(18,2)3/h6,8-12,18,27H,5,7,24H2,1-4H3,(H2,23,29)/t18-,22+/m1/s1. The Hall–Kier alpha value is -2.93. The van der Waals surface area contributed by atoms with Crippen LogP contribution in [0.5, 0.6) is 0 Å². The van der Waals surface area contributed by atoms with Gasteiger partial charge in [0, 0.05) is 41.1 Å². The van der Waals surface area contributed by atoms with Gasteiger partial charge >= 0.3 is 0 Å². The molecule has 3 aromatic heterocycles. The summed E-state index contributed by atoms with van der Waals surface area (Å²) in [5, 5.41) is 8.02. The number of aryl methyl sites for hydroxylation is 1. The second-order valence-corrected chi connectivity index (χ2v) is 8.92. The Bertz CT molecular complexity index is 1100. The van der Waals surface area contributed by atoms with Crippen LogP contribution in [-0.2, 0) is 0 Å². The molecule has 7 nitrogen and oxygen atoms in total. The van der Waals surface area contributed by atoms with E-state index in [4.69, 9.17) is 11.5 Å². The second-order valence-electron chi connectivity index (χ2n) is 8.92. The topological polar surface area (TPSA) is 111 Å². The highest BCUT2D eigenvalue weighted by molar-refractivity contribution is 6.02. The van der Waals surface area contributed by atoms with Crippen molar-refractivity contribution in [3.8, 4) is 11.1 Å². The highest BCUT2D eigenvalue weighted by Crippen LogP contribution is 2.46. The Morgan fingerprint density at radius 1 is 1.31 bits per heavy atom. The van der Waals surface area contributed by atoms with Gasteiger partial charge in [-0.2, -0.15) is 5.10 Å². The van der Waals surface area contributed by atoms with Gasteiger partial charge in [0.1, 0.15) is 0 Å². The normalized spacial score (nSPS) is 23.4. The second kappa shape index (κ2) is 6.56. The molecular weight excluding hydrogens is 364 g/mol. The lowest BCUT2D eigenvalue weighted by Crippen LogP contribution is -2.51. The van der Waals surface area contributed by atoms with Crippen molar-refractivity contribution in [2.45, 2.75) is 52.1 Å². The molecule has 3 heterocycles. The van der Waals surface area contributed by atoms with Gasteiger partial charge in [-0.25, -0.2) is 4.52 Å². The van der Waals surface area contributed by atoms with Gasteiger partial charge in [-0.3, -0.25) is 9.78 Å². The molecule has 0 spiro atoms. The molecule has 4 rings (SSSR count). The number of primary amides is 1. The van der Waals surface area contributed by atoms with Crippen molar-refractivity contribution in [1.29, 1.82) is 0 Å². The van der Waals surface area contributed by atoms with E-state index in [2.05, 4.69) is 36.2 Å². The van der Waals surface area contributed by atoms with E-state index in [0.29, 0.717) is 11.3 Å². The molecule has 1 fully saturated rings. The SMILES string of the molecule is Cc1cnccc1-c1cc2c(N[C@@H]3CC[C@](C)(N)C3(C)C)c(C(N)=O)cnn2c1. The van der Waals surface area contributed by atoms with Crippen LogP contribution in [-0.4, -0.2) is 32.1 Å². The first-order valence-electron chi connectivity index (χ1n) is 9.89. The van der Waals surface area contributed by atoms with Crippen LogP contribution >= 0.6 is 0 Å². The third-order valence-corrected chi connectivity index (χ3v) is 6.85. The summed E-state index contributed by atoms with van der Waals surface area (Å²) >= 11 is 0. The first kappa shape index (κ1) is 19.4. The molecule has 0 radical (unpaired) electrons. The predicted molar refractivity (Wildman–Crippen MR) is 115 cm³/mol. The fraction of sp³-hybridized carbons (Fsp3) is 0.409. The average molecular weight is 393 g/mol. The van der Waals surface area contributed by atoms with E-state index in [0.717, 1.165) is 35.0 Å². The molecule has 3 aromatic rings.